The molecule has 6 nitrogen and oxygen atoms in total. The van der Waals surface area contributed by atoms with E-state index in [0.29, 0.717) is 18.4 Å². The third kappa shape index (κ3) is 3.35. The predicted molar refractivity (Wildman–Crippen MR) is 88.7 cm³/mol. The summed E-state index contributed by atoms with van der Waals surface area (Å²) < 4.78 is 16.1. The molecule has 0 saturated heterocycles. The highest BCUT2D eigenvalue weighted by atomic mass is 16.5. The zero-order valence-corrected chi connectivity index (χ0v) is 14.9. The van der Waals surface area contributed by atoms with Gasteiger partial charge in [-0.1, -0.05) is 27.2 Å². The number of carbonyl (C=O) groups is 1. The van der Waals surface area contributed by atoms with Gasteiger partial charge in [0.25, 0.3) is 0 Å². The molecule has 0 aromatic carbocycles. The van der Waals surface area contributed by atoms with Crippen LogP contribution in [0.2, 0.25) is 0 Å². The molecule has 3 unspecified atom stereocenters. The second-order valence-electron chi connectivity index (χ2n) is 6.40. The first kappa shape index (κ1) is 17.8. The Morgan fingerprint density at radius 2 is 1.78 bits per heavy atom. The van der Waals surface area contributed by atoms with Gasteiger partial charge in [0, 0.05) is 5.92 Å². The zero-order valence-electron chi connectivity index (χ0n) is 14.9. The Morgan fingerprint density at radius 3 is 2.26 bits per heavy atom. The van der Waals surface area contributed by atoms with Crippen molar-refractivity contribution in [1.29, 1.82) is 0 Å². The summed E-state index contributed by atoms with van der Waals surface area (Å²) in [6.45, 7) is 8.46. The Kier molecular flexibility index (Phi) is 5.65. The number of nitrogens with zero attached hydrogens (tertiary/aromatic N) is 2. The number of hydrogen-bond donors (Lipinski definition) is 0. The predicted octanol–water partition coefficient (Wildman–Crippen LogP) is 2.32. The van der Waals surface area contributed by atoms with Crippen LogP contribution in [-0.2, 0) is 19.0 Å². The van der Waals surface area contributed by atoms with Gasteiger partial charge in [0.1, 0.15) is 12.1 Å². The summed E-state index contributed by atoms with van der Waals surface area (Å²) in [7, 11) is 3.23. The highest BCUT2D eigenvalue weighted by Gasteiger charge is 2.60. The van der Waals surface area contributed by atoms with E-state index in [4.69, 9.17) is 19.2 Å². The van der Waals surface area contributed by atoms with Crippen LogP contribution in [0.4, 0.5) is 0 Å². The highest BCUT2D eigenvalue weighted by molar-refractivity contribution is 5.95. The molecule has 1 saturated carbocycles. The molecule has 0 aromatic heterocycles. The summed E-state index contributed by atoms with van der Waals surface area (Å²) in [6.07, 6.45) is 0.910. The van der Waals surface area contributed by atoms with Gasteiger partial charge in [-0.3, -0.25) is 4.79 Å². The summed E-state index contributed by atoms with van der Waals surface area (Å²) in [4.78, 5) is 21.6. The molecule has 2 aliphatic rings. The van der Waals surface area contributed by atoms with Crippen molar-refractivity contribution < 1.29 is 19.0 Å². The molecule has 23 heavy (non-hydrogen) atoms. The number of methoxy groups -OCH3 is 2. The average molecular weight is 324 g/mol. The minimum Gasteiger partial charge on any atom is -0.483 e. The molecule has 1 heterocycles. The van der Waals surface area contributed by atoms with Gasteiger partial charge >= 0.3 is 5.97 Å². The molecule has 2 rings (SSSR count). The zero-order chi connectivity index (χ0) is 17.1. The van der Waals surface area contributed by atoms with Crippen LogP contribution in [0.15, 0.2) is 9.98 Å². The van der Waals surface area contributed by atoms with Crippen LogP contribution >= 0.6 is 0 Å². The van der Waals surface area contributed by atoms with Crippen molar-refractivity contribution in [1.82, 2.24) is 0 Å². The van der Waals surface area contributed by atoms with E-state index < -0.39 is 0 Å². The summed E-state index contributed by atoms with van der Waals surface area (Å²) in [5.74, 6) is 1.56. The minimum absolute atomic E-state index is 0.0796. The second-order valence-corrected chi connectivity index (χ2v) is 6.40. The van der Waals surface area contributed by atoms with Gasteiger partial charge in [-0.2, -0.15) is 0 Å². The monoisotopic (exact) mass is 324 g/mol. The van der Waals surface area contributed by atoms with Gasteiger partial charge in [-0.25, -0.2) is 9.98 Å². The van der Waals surface area contributed by atoms with Crippen molar-refractivity contribution in [2.75, 3.05) is 20.8 Å². The summed E-state index contributed by atoms with van der Waals surface area (Å²) in [6, 6.07) is -0.393. The lowest BCUT2D eigenvalue weighted by Gasteiger charge is -2.27. The largest absolute Gasteiger partial charge is 0.483 e. The Morgan fingerprint density at radius 1 is 1.13 bits per heavy atom. The quantitative estimate of drug-likeness (QED) is 0.728. The lowest BCUT2D eigenvalue weighted by Crippen LogP contribution is -2.39. The molecule has 0 radical (unpaired) electrons. The first-order chi connectivity index (χ1) is 11.0. The van der Waals surface area contributed by atoms with E-state index in [1.54, 1.807) is 14.2 Å². The first-order valence-electron chi connectivity index (χ1n) is 8.40. The lowest BCUT2D eigenvalue weighted by molar-refractivity contribution is -0.145. The molecule has 6 heteroatoms. The minimum atomic E-state index is -0.260. The number of hydrogen-bond acceptors (Lipinski definition) is 6. The molecule has 0 spiro atoms. The Labute approximate surface area is 138 Å². The van der Waals surface area contributed by atoms with Crippen LogP contribution in [0.3, 0.4) is 0 Å². The summed E-state index contributed by atoms with van der Waals surface area (Å²) in [5, 5.41) is 0. The van der Waals surface area contributed by atoms with Crippen molar-refractivity contribution in [3.05, 3.63) is 0 Å². The van der Waals surface area contributed by atoms with Crippen molar-refractivity contribution in [2.24, 2.45) is 33.7 Å². The Balaban J connectivity index is 2.25. The molecular weight excluding hydrogens is 296 g/mol. The Hall–Kier alpha value is -1.59. The highest BCUT2D eigenvalue weighted by Crippen LogP contribution is 2.53. The average Bonchev–Trinajstić information content (AvgIpc) is 3.27. The van der Waals surface area contributed by atoms with Gasteiger partial charge in [0.05, 0.1) is 26.7 Å². The third-order valence-electron chi connectivity index (χ3n) is 4.71. The van der Waals surface area contributed by atoms with E-state index in [0.717, 1.165) is 6.42 Å². The smallest absolute Gasteiger partial charge is 0.309 e. The molecule has 0 aromatic rings. The second kappa shape index (κ2) is 7.32. The van der Waals surface area contributed by atoms with E-state index in [1.165, 1.54) is 0 Å². The number of aliphatic imine (C=N–C) groups is 2. The van der Waals surface area contributed by atoms with E-state index in [9.17, 15) is 4.79 Å². The van der Waals surface area contributed by atoms with Crippen LogP contribution in [0, 0.1) is 23.7 Å². The van der Waals surface area contributed by atoms with Crippen molar-refractivity contribution in [2.45, 2.75) is 46.2 Å². The fraction of sp³-hybridized carbons (Fsp3) is 0.824. The van der Waals surface area contributed by atoms with Crippen molar-refractivity contribution >= 4 is 17.8 Å². The number of rotatable bonds is 5. The van der Waals surface area contributed by atoms with Crippen LogP contribution in [0.1, 0.15) is 34.1 Å². The van der Waals surface area contributed by atoms with Crippen LogP contribution < -0.4 is 0 Å². The molecule has 1 fully saturated rings. The number of esters is 1. The summed E-state index contributed by atoms with van der Waals surface area (Å²) >= 11 is 0. The molecule has 0 amide bonds. The van der Waals surface area contributed by atoms with Gasteiger partial charge in [0.15, 0.2) is 0 Å². The third-order valence-corrected chi connectivity index (χ3v) is 4.71. The lowest BCUT2D eigenvalue weighted by atomic mass is 10.0. The number of carbonyl (C=O) groups excluding carboxylic acids is 1. The molecular formula is C17H28N2O4. The van der Waals surface area contributed by atoms with Crippen LogP contribution in [-0.4, -0.2) is 50.7 Å². The van der Waals surface area contributed by atoms with E-state index in [1.807, 2.05) is 6.92 Å². The fourth-order valence-corrected chi connectivity index (χ4v) is 3.50. The molecule has 1 aliphatic heterocycles. The standard InChI is InChI=1S/C17H28N2O4/c1-7-10-11(12(10)17(20)23-8-2)14-16(22-6)18-13(9(3)4)15(19-14)21-5/h9-14H,7-8H2,1-6H3/t10?,11?,12?,13-,14-/m0/s1. The molecule has 5 atom stereocenters. The van der Waals surface area contributed by atoms with Gasteiger partial charge in [-0.05, 0) is 18.8 Å². The van der Waals surface area contributed by atoms with E-state index in [-0.39, 0.29) is 41.7 Å². The van der Waals surface area contributed by atoms with E-state index in [2.05, 4.69) is 25.8 Å². The fourth-order valence-electron chi connectivity index (χ4n) is 3.50. The Bertz CT molecular complexity index is 501. The molecule has 130 valence electrons. The van der Waals surface area contributed by atoms with Gasteiger partial charge in [0.2, 0.25) is 11.8 Å². The van der Waals surface area contributed by atoms with Gasteiger partial charge < -0.3 is 14.2 Å². The number of ether oxygens (including phenoxy) is 3. The first-order valence-corrected chi connectivity index (χ1v) is 8.40. The van der Waals surface area contributed by atoms with Crippen LogP contribution in [0.5, 0.6) is 0 Å². The molecule has 0 bridgehead atoms. The normalized spacial score (nSPS) is 32.9. The van der Waals surface area contributed by atoms with Crippen molar-refractivity contribution in [3.8, 4) is 0 Å². The van der Waals surface area contributed by atoms with Crippen molar-refractivity contribution in [3.63, 3.8) is 0 Å². The summed E-state index contributed by atoms with van der Waals surface area (Å²) in [5.41, 5.74) is 0. The maximum absolute atomic E-state index is 12.2. The van der Waals surface area contributed by atoms with E-state index >= 15 is 0 Å². The molecule has 0 N–H and O–H groups in total. The maximum Gasteiger partial charge on any atom is 0.309 e. The van der Waals surface area contributed by atoms with Gasteiger partial charge in [-0.15, -0.1) is 0 Å². The SMILES string of the molecule is CCOC(=O)C1C(CC)C1[C@@H]1N=C(OC)[C@H](C(C)C)N=C1OC. The topological polar surface area (TPSA) is 69.5 Å². The van der Waals surface area contributed by atoms with Crippen LogP contribution in [0.25, 0.3) is 0 Å². The molecule has 1 aliphatic carbocycles. The maximum atomic E-state index is 12.2.